The molecule has 0 atom stereocenters. The summed E-state index contributed by atoms with van der Waals surface area (Å²) in [6.07, 6.45) is -0.532. The zero-order chi connectivity index (χ0) is 17.2. The van der Waals surface area contributed by atoms with E-state index in [1.165, 1.54) is 0 Å². The summed E-state index contributed by atoms with van der Waals surface area (Å²) in [6, 6.07) is 8.07. The average Bonchev–Trinajstić information content (AvgIpc) is 2.50. The van der Waals surface area contributed by atoms with Gasteiger partial charge >= 0.3 is 12.1 Å². The lowest BCUT2D eigenvalue weighted by Crippen LogP contribution is -2.29. The van der Waals surface area contributed by atoms with E-state index in [2.05, 4.69) is 24.5 Å². The molecule has 0 heterocycles. The predicted molar refractivity (Wildman–Crippen MR) is 89.2 cm³/mol. The van der Waals surface area contributed by atoms with Crippen LogP contribution < -0.4 is 10.6 Å². The van der Waals surface area contributed by atoms with Crippen LogP contribution in [0.1, 0.15) is 33.3 Å². The van der Waals surface area contributed by atoms with Crippen molar-refractivity contribution < 1.29 is 19.1 Å². The molecule has 0 unspecified atom stereocenters. The Bertz CT molecular complexity index is 498. The zero-order valence-corrected chi connectivity index (χ0v) is 14.2. The van der Waals surface area contributed by atoms with E-state index in [0.29, 0.717) is 6.04 Å². The molecule has 0 aliphatic rings. The fourth-order valence-corrected chi connectivity index (χ4v) is 1.70. The summed E-state index contributed by atoms with van der Waals surface area (Å²) in [7, 11) is 0. The molecule has 1 aromatic rings. The third-order valence-corrected chi connectivity index (χ3v) is 2.87. The van der Waals surface area contributed by atoms with Crippen molar-refractivity contribution >= 4 is 17.7 Å². The van der Waals surface area contributed by atoms with Crippen LogP contribution >= 0.6 is 0 Å². The van der Waals surface area contributed by atoms with Crippen LogP contribution in [0.5, 0.6) is 0 Å². The molecule has 6 nitrogen and oxygen atoms in total. The van der Waals surface area contributed by atoms with Crippen molar-refractivity contribution in [2.75, 3.05) is 18.5 Å². The lowest BCUT2D eigenvalue weighted by Gasteiger charge is -2.11. The number of esters is 1. The van der Waals surface area contributed by atoms with Gasteiger partial charge in [-0.2, -0.15) is 0 Å². The third kappa shape index (κ3) is 8.09. The molecule has 1 aromatic carbocycles. The Balaban J connectivity index is 2.21. The van der Waals surface area contributed by atoms with Crippen LogP contribution in [0.2, 0.25) is 0 Å². The molecule has 0 spiro atoms. The van der Waals surface area contributed by atoms with Gasteiger partial charge in [0.25, 0.3) is 0 Å². The van der Waals surface area contributed by atoms with Crippen molar-refractivity contribution in [1.82, 2.24) is 5.32 Å². The summed E-state index contributed by atoms with van der Waals surface area (Å²) in [5, 5.41) is 5.82. The maximum absolute atomic E-state index is 11.5. The highest BCUT2D eigenvalue weighted by Gasteiger charge is 2.08. The van der Waals surface area contributed by atoms with Crippen molar-refractivity contribution in [3.63, 3.8) is 0 Å². The molecular formula is C17H26N2O4. The lowest BCUT2D eigenvalue weighted by atomic mass is 10.2. The summed E-state index contributed by atoms with van der Waals surface area (Å²) in [6.45, 7) is 8.22. The van der Waals surface area contributed by atoms with Gasteiger partial charge in [0.2, 0.25) is 0 Å². The number of anilines is 1. The Morgan fingerprint density at radius 3 is 2.26 bits per heavy atom. The largest absolute Gasteiger partial charge is 0.464 e. The van der Waals surface area contributed by atoms with Crippen LogP contribution in [0.3, 0.4) is 0 Å². The van der Waals surface area contributed by atoms with Crippen molar-refractivity contribution in [3.05, 3.63) is 29.8 Å². The number of hydrogen-bond acceptors (Lipinski definition) is 5. The highest BCUT2D eigenvalue weighted by Crippen LogP contribution is 2.11. The molecule has 0 aromatic heterocycles. The minimum Gasteiger partial charge on any atom is -0.464 e. The third-order valence-electron chi connectivity index (χ3n) is 2.87. The Morgan fingerprint density at radius 2 is 1.70 bits per heavy atom. The molecule has 0 fully saturated rings. The topological polar surface area (TPSA) is 76.7 Å². The van der Waals surface area contributed by atoms with E-state index < -0.39 is 6.09 Å². The number of ether oxygens (including phenoxy) is 2. The Kier molecular flexibility index (Phi) is 7.94. The van der Waals surface area contributed by atoms with Gasteiger partial charge in [0.1, 0.15) is 13.2 Å². The first-order chi connectivity index (χ1) is 10.9. The molecule has 0 saturated heterocycles. The summed E-state index contributed by atoms with van der Waals surface area (Å²) in [4.78, 5) is 22.7. The van der Waals surface area contributed by atoms with Gasteiger partial charge in [-0.25, -0.2) is 4.79 Å². The summed E-state index contributed by atoms with van der Waals surface area (Å²) >= 11 is 0. The van der Waals surface area contributed by atoms with Gasteiger partial charge in [-0.05, 0) is 31.5 Å². The van der Waals surface area contributed by atoms with Gasteiger partial charge in [0, 0.05) is 11.7 Å². The maximum atomic E-state index is 11.5. The molecule has 1 amide bonds. The van der Waals surface area contributed by atoms with Crippen LogP contribution in [0.4, 0.5) is 10.5 Å². The van der Waals surface area contributed by atoms with Crippen molar-refractivity contribution in [1.29, 1.82) is 0 Å². The minimum atomic E-state index is -0.532. The van der Waals surface area contributed by atoms with Crippen LogP contribution in [0, 0.1) is 5.92 Å². The first kappa shape index (κ1) is 18.8. The van der Waals surface area contributed by atoms with Gasteiger partial charge in [-0.1, -0.05) is 26.0 Å². The second-order valence-corrected chi connectivity index (χ2v) is 5.82. The van der Waals surface area contributed by atoms with E-state index in [4.69, 9.17) is 9.47 Å². The van der Waals surface area contributed by atoms with Gasteiger partial charge in [-0.3, -0.25) is 4.79 Å². The number of amides is 1. The zero-order valence-electron chi connectivity index (χ0n) is 14.2. The van der Waals surface area contributed by atoms with E-state index in [-0.39, 0.29) is 31.6 Å². The van der Waals surface area contributed by atoms with Crippen molar-refractivity contribution in [2.45, 2.75) is 40.3 Å². The molecule has 0 aliphatic heterocycles. The van der Waals surface area contributed by atoms with E-state index in [1.54, 1.807) is 13.8 Å². The molecule has 2 N–H and O–H groups in total. The van der Waals surface area contributed by atoms with E-state index in [1.807, 2.05) is 24.3 Å². The molecule has 128 valence electrons. The summed E-state index contributed by atoms with van der Waals surface area (Å²) in [5.41, 5.74) is 1.93. The molecule has 0 bridgehead atoms. The van der Waals surface area contributed by atoms with E-state index in [9.17, 15) is 9.59 Å². The number of benzene rings is 1. The average molecular weight is 322 g/mol. The Hall–Kier alpha value is -2.24. The predicted octanol–water partition coefficient (Wildman–Crippen LogP) is 2.93. The van der Waals surface area contributed by atoms with Crippen molar-refractivity contribution in [3.8, 4) is 0 Å². The Labute approximate surface area is 137 Å². The minimum absolute atomic E-state index is 0.141. The highest BCUT2D eigenvalue weighted by molar-refractivity contribution is 5.71. The number of carbonyl (C=O) groups is 2. The first-order valence-electron chi connectivity index (χ1n) is 7.81. The van der Waals surface area contributed by atoms with Crippen LogP contribution in [-0.4, -0.2) is 31.3 Å². The molecule has 1 rings (SSSR count). The second kappa shape index (κ2) is 9.71. The fraction of sp³-hybridized carbons (Fsp3) is 0.529. The van der Waals surface area contributed by atoms with Gasteiger partial charge in [-0.15, -0.1) is 0 Å². The molecule has 0 aliphatic carbocycles. The van der Waals surface area contributed by atoms with Gasteiger partial charge < -0.3 is 20.1 Å². The summed E-state index contributed by atoms with van der Waals surface area (Å²) in [5.74, 6) is -0.453. The summed E-state index contributed by atoms with van der Waals surface area (Å²) < 4.78 is 10.0. The standard InChI is InChI=1S/C17H26N2O4/c1-12(2)16(20)22-10-9-18-17(21)23-11-14-5-7-15(8-6-14)19-13(3)4/h5-8,12-13,19H,9-11H2,1-4H3,(H,18,21). The molecule has 6 heteroatoms. The van der Waals surface area contributed by atoms with Crippen LogP contribution in [0.15, 0.2) is 24.3 Å². The van der Waals surface area contributed by atoms with Crippen molar-refractivity contribution in [2.24, 2.45) is 5.92 Å². The monoisotopic (exact) mass is 322 g/mol. The number of hydrogen-bond donors (Lipinski definition) is 2. The van der Waals surface area contributed by atoms with E-state index in [0.717, 1.165) is 11.3 Å². The van der Waals surface area contributed by atoms with Gasteiger partial charge in [0.05, 0.1) is 12.5 Å². The normalized spacial score (nSPS) is 10.5. The molecule has 23 heavy (non-hydrogen) atoms. The van der Waals surface area contributed by atoms with Crippen LogP contribution in [-0.2, 0) is 20.9 Å². The number of rotatable bonds is 8. The fourth-order valence-electron chi connectivity index (χ4n) is 1.70. The van der Waals surface area contributed by atoms with Crippen LogP contribution in [0.25, 0.3) is 0 Å². The van der Waals surface area contributed by atoms with Gasteiger partial charge in [0.15, 0.2) is 0 Å². The van der Waals surface area contributed by atoms with E-state index >= 15 is 0 Å². The Morgan fingerprint density at radius 1 is 1.04 bits per heavy atom. The first-order valence-corrected chi connectivity index (χ1v) is 7.81. The highest BCUT2D eigenvalue weighted by atomic mass is 16.6. The second-order valence-electron chi connectivity index (χ2n) is 5.82. The smallest absolute Gasteiger partial charge is 0.407 e. The molecular weight excluding hydrogens is 296 g/mol. The number of carbonyl (C=O) groups excluding carboxylic acids is 2. The SMILES string of the molecule is CC(C)Nc1ccc(COC(=O)NCCOC(=O)C(C)C)cc1. The maximum Gasteiger partial charge on any atom is 0.407 e. The number of nitrogens with one attached hydrogen (secondary N) is 2. The molecule has 0 saturated carbocycles. The molecule has 0 radical (unpaired) electrons. The quantitative estimate of drug-likeness (QED) is 0.568. The number of alkyl carbamates (subject to hydrolysis) is 1. The lowest BCUT2D eigenvalue weighted by molar-refractivity contribution is -0.147.